The van der Waals surface area contributed by atoms with Crippen LogP contribution in [-0.4, -0.2) is 47.6 Å². The van der Waals surface area contributed by atoms with Crippen LogP contribution >= 0.6 is 0 Å². The van der Waals surface area contributed by atoms with E-state index in [0.717, 1.165) is 0 Å². The molecule has 0 spiro atoms. The number of ether oxygens (including phenoxy) is 2. The normalized spacial score (nSPS) is 15.0. The second kappa shape index (κ2) is 9.67. The van der Waals surface area contributed by atoms with Gasteiger partial charge in [0.2, 0.25) is 0 Å². The smallest absolute Gasteiger partial charge is 0.409 e. The monoisotopic (exact) mass is 450 g/mol. The van der Waals surface area contributed by atoms with Gasteiger partial charge in [0.25, 0.3) is 5.88 Å². The maximum Gasteiger partial charge on any atom is 0.409 e. The lowest BCUT2D eigenvalue weighted by atomic mass is 9.77. The summed E-state index contributed by atoms with van der Waals surface area (Å²) in [6, 6.07) is 19.0. The van der Waals surface area contributed by atoms with E-state index in [1.165, 1.54) is 7.11 Å². The molecule has 1 amide bonds. The molecule has 0 aliphatic carbocycles. The van der Waals surface area contributed by atoms with Crippen LogP contribution in [0.25, 0.3) is 0 Å². The van der Waals surface area contributed by atoms with Gasteiger partial charge in [-0.15, -0.1) is 0 Å². The van der Waals surface area contributed by atoms with Gasteiger partial charge in [0, 0.05) is 19.0 Å². The highest BCUT2D eigenvalue weighted by Crippen LogP contribution is 2.46. The van der Waals surface area contributed by atoms with Crippen LogP contribution in [0, 0.1) is 0 Å². The third kappa shape index (κ3) is 4.46. The number of piperidine rings is 1. The van der Waals surface area contributed by atoms with E-state index in [2.05, 4.69) is 5.16 Å². The third-order valence-corrected chi connectivity index (χ3v) is 6.08. The number of aliphatic hydroxyl groups is 1. The van der Waals surface area contributed by atoms with Gasteiger partial charge < -0.3 is 24.0 Å². The number of benzene rings is 2. The summed E-state index contributed by atoms with van der Waals surface area (Å²) in [4.78, 5) is 13.6. The van der Waals surface area contributed by atoms with Gasteiger partial charge in [-0.05, 0) is 43.0 Å². The summed E-state index contributed by atoms with van der Waals surface area (Å²) in [6.07, 6.45) is 0.842. The molecule has 4 rings (SSSR count). The van der Waals surface area contributed by atoms with Crippen LogP contribution in [0.3, 0.4) is 0 Å². The average Bonchev–Trinajstić information content (AvgIpc) is 3.27. The summed E-state index contributed by atoms with van der Waals surface area (Å²) >= 11 is 0. The average molecular weight is 451 g/mol. The molecule has 0 atom stereocenters. The summed E-state index contributed by atoms with van der Waals surface area (Å²) < 4.78 is 16.8. The lowest BCUT2D eigenvalue weighted by molar-refractivity contribution is 0.105. The molecular weight excluding hydrogens is 420 g/mol. The zero-order valence-corrected chi connectivity index (χ0v) is 19.2. The fraction of sp³-hybridized carbons (Fsp3) is 0.385. The molecule has 33 heavy (non-hydrogen) atoms. The van der Waals surface area contributed by atoms with E-state index in [9.17, 15) is 9.90 Å². The van der Waals surface area contributed by atoms with Crippen LogP contribution in [0.1, 0.15) is 55.1 Å². The number of rotatable bonds is 6. The Bertz CT molecular complexity index is 1020. The van der Waals surface area contributed by atoms with E-state index in [0.29, 0.717) is 48.4 Å². The zero-order valence-electron chi connectivity index (χ0n) is 19.2. The number of carbonyl (C=O) groups excluding carboxylic acids is 1. The number of methoxy groups -OCH3 is 1. The van der Waals surface area contributed by atoms with Crippen LogP contribution in [-0.2, 0) is 10.3 Å². The van der Waals surface area contributed by atoms with Gasteiger partial charge >= 0.3 is 6.09 Å². The maximum atomic E-state index is 12.4. The molecule has 1 aliphatic heterocycles. The molecule has 1 N–H and O–H groups in total. The van der Waals surface area contributed by atoms with Crippen LogP contribution in [0.15, 0.2) is 65.2 Å². The van der Waals surface area contributed by atoms with Crippen molar-refractivity contribution in [1.82, 2.24) is 10.1 Å². The van der Waals surface area contributed by atoms with E-state index in [-0.39, 0.29) is 24.0 Å². The summed E-state index contributed by atoms with van der Waals surface area (Å²) in [5.74, 6) is 0.841. The molecule has 2 aromatic carbocycles. The number of amides is 1. The second-order valence-corrected chi connectivity index (χ2v) is 8.57. The van der Waals surface area contributed by atoms with Crippen molar-refractivity contribution in [2.24, 2.45) is 0 Å². The standard InChI is InChI=1S/C26H30N2O5/c1-18(2)32-24-22(23(33-27-24)19-14-16-28(17-15-19)25(29)31-3)26(30,20-10-6-4-7-11-20)21-12-8-5-9-13-21/h4-13,18-19,30H,14-17H2,1-3H3. The SMILES string of the molecule is COC(=O)N1CCC(c2onc(OC(C)C)c2C(O)(c2ccccc2)c2ccccc2)CC1. The van der Waals surface area contributed by atoms with Crippen LogP contribution < -0.4 is 4.74 Å². The first-order valence-corrected chi connectivity index (χ1v) is 11.3. The minimum absolute atomic E-state index is 0.0307. The Hall–Kier alpha value is -3.32. The van der Waals surface area contributed by atoms with E-state index in [4.69, 9.17) is 14.0 Å². The fourth-order valence-electron chi connectivity index (χ4n) is 4.47. The van der Waals surface area contributed by atoms with Crippen molar-refractivity contribution in [2.75, 3.05) is 20.2 Å². The first-order chi connectivity index (χ1) is 15.9. The largest absolute Gasteiger partial charge is 0.472 e. The molecule has 1 aromatic heterocycles. The van der Waals surface area contributed by atoms with Gasteiger partial charge in [-0.3, -0.25) is 0 Å². The first-order valence-electron chi connectivity index (χ1n) is 11.3. The molecule has 1 fully saturated rings. The van der Waals surface area contributed by atoms with Crippen molar-refractivity contribution < 1.29 is 23.9 Å². The Morgan fingerprint density at radius 3 is 2.09 bits per heavy atom. The van der Waals surface area contributed by atoms with Gasteiger partial charge in [0.1, 0.15) is 5.60 Å². The molecule has 0 saturated carbocycles. The summed E-state index contributed by atoms with van der Waals surface area (Å²) in [5.41, 5.74) is 0.384. The lowest BCUT2D eigenvalue weighted by Crippen LogP contribution is -2.38. The molecule has 1 saturated heterocycles. The van der Waals surface area contributed by atoms with Crippen molar-refractivity contribution in [3.05, 3.63) is 83.1 Å². The van der Waals surface area contributed by atoms with Gasteiger partial charge in [-0.2, -0.15) is 0 Å². The summed E-state index contributed by atoms with van der Waals surface area (Å²) in [5, 5.41) is 16.7. The van der Waals surface area contributed by atoms with Crippen molar-refractivity contribution in [2.45, 2.75) is 44.3 Å². The Labute approximate surface area is 193 Å². The van der Waals surface area contributed by atoms with Gasteiger partial charge in [0.15, 0.2) is 5.76 Å². The van der Waals surface area contributed by atoms with E-state index < -0.39 is 5.60 Å². The highest BCUT2D eigenvalue weighted by atomic mass is 16.5. The molecule has 174 valence electrons. The number of hydrogen-bond donors (Lipinski definition) is 1. The molecule has 1 aliphatic rings. The van der Waals surface area contributed by atoms with Crippen molar-refractivity contribution in [3.8, 4) is 5.88 Å². The second-order valence-electron chi connectivity index (χ2n) is 8.57. The lowest BCUT2D eigenvalue weighted by Gasteiger charge is -2.33. The van der Waals surface area contributed by atoms with E-state index in [1.807, 2.05) is 74.5 Å². The highest BCUT2D eigenvalue weighted by molar-refractivity contribution is 5.67. The molecule has 3 aromatic rings. The van der Waals surface area contributed by atoms with Crippen molar-refractivity contribution >= 4 is 6.09 Å². The maximum absolute atomic E-state index is 12.4. The molecule has 7 nitrogen and oxygen atoms in total. The first kappa shape index (κ1) is 22.9. The zero-order chi connectivity index (χ0) is 23.4. The molecule has 0 unspecified atom stereocenters. The minimum atomic E-state index is -1.53. The number of likely N-dealkylation sites (tertiary alicyclic amines) is 1. The Balaban J connectivity index is 1.83. The Kier molecular flexibility index (Phi) is 6.70. The van der Waals surface area contributed by atoms with Gasteiger partial charge in [-0.25, -0.2) is 4.79 Å². The Morgan fingerprint density at radius 2 is 1.61 bits per heavy atom. The number of hydrogen-bond acceptors (Lipinski definition) is 6. The third-order valence-electron chi connectivity index (χ3n) is 6.08. The predicted molar refractivity (Wildman–Crippen MR) is 123 cm³/mol. The molecule has 0 radical (unpaired) electrons. The molecule has 0 bridgehead atoms. The topological polar surface area (TPSA) is 85.0 Å². The molecule has 7 heteroatoms. The summed E-state index contributed by atoms with van der Waals surface area (Å²) in [6.45, 7) is 4.90. The summed E-state index contributed by atoms with van der Waals surface area (Å²) in [7, 11) is 1.39. The van der Waals surface area contributed by atoms with Crippen LogP contribution in [0.4, 0.5) is 4.79 Å². The minimum Gasteiger partial charge on any atom is -0.472 e. The fourth-order valence-corrected chi connectivity index (χ4v) is 4.47. The molecule has 2 heterocycles. The van der Waals surface area contributed by atoms with Gasteiger partial charge in [0.05, 0.1) is 18.8 Å². The predicted octanol–water partition coefficient (Wildman–Crippen LogP) is 4.69. The molecular formula is C26H30N2O5. The van der Waals surface area contributed by atoms with Gasteiger partial charge in [-0.1, -0.05) is 60.7 Å². The van der Waals surface area contributed by atoms with E-state index >= 15 is 0 Å². The number of carbonyl (C=O) groups is 1. The Morgan fingerprint density at radius 1 is 1.06 bits per heavy atom. The quantitative estimate of drug-likeness (QED) is 0.586. The van der Waals surface area contributed by atoms with Crippen molar-refractivity contribution in [1.29, 1.82) is 0 Å². The highest BCUT2D eigenvalue weighted by Gasteiger charge is 2.44. The van der Waals surface area contributed by atoms with E-state index in [1.54, 1.807) is 4.90 Å². The van der Waals surface area contributed by atoms with Crippen molar-refractivity contribution in [3.63, 3.8) is 0 Å². The number of aromatic nitrogens is 1. The number of nitrogens with zero attached hydrogens (tertiary/aromatic N) is 2. The van der Waals surface area contributed by atoms with Crippen LogP contribution in [0.2, 0.25) is 0 Å². The van der Waals surface area contributed by atoms with Crippen LogP contribution in [0.5, 0.6) is 5.88 Å².